The summed E-state index contributed by atoms with van der Waals surface area (Å²) in [6.45, 7) is 16.9. The fourth-order valence-corrected chi connectivity index (χ4v) is 6.80. The molecule has 2 aromatic rings. The highest BCUT2D eigenvalue weighted by molar-refractivity contribution is 7.91. The summed E-state index contributed by atoms with van der Waals surface area (Å²) in [5.74, 6) is 0.484. The zero-order valence-electron chi connectivity index (χ0n) is 24.7. The molecule has 0 saturated heterocycles. The molecular formula is C34H51NO2S. The molecule has 0 spiro atoms. The number of sulfone groups is 1. The van der Waals surface area contributed by atoms with Crippen LogP contribution in [-0.4, -0.2) is 33.0 Å². The van der Waals surface area contributed by atoms with Gasteiger partial charge in [-0.2, -0.15) is 0 Å². The van der Waals surface area contributed by atoms with Crippen LogP contribution in [0.3, 0.4) is 0 Å². The van der Waals surface area contributed by atoms with E-state index in [2.05, 4.69) is 75.6 Å². The molecule has 1 aliphatic carbocycles. The predicted molar refractivity (Wildman–Crippen MR) is 168 cm³/mol. The van der Waals surface area contributed by atoms with E-state index in [0.717, 1.165) is 38.8 Å². The topological polar surface area (TPSA) is 37.4 Å². The number of hydrogen-bond acceptors (Lipinski definition) is 3. The van der Waals surface area contributed by atoms with Gasteiger partial charge in [0, 0.05) is 24.5 Å². The standard InChI is InChI=1S/C34H51NO2S/c1-7-14-27(4)16-11-10-12-19-35(20-13-21-38(36,37)9-3)32-18-17-29-25-33-31(23-30(29)24-32)22-28(15-8-2)26-34(33,5)6/h17-18,22-25H,4,7-16,19-21,26H2,1-3,5-6H3. The van der Waals surface area contributed by atoms with Crippen LogP contribution in [0.2, 0.25) is 0 Å². The third kappa shape index (κ3) is 8.46. The lowest BCUT2D eigenvalue weighted by atomic mass is 9.71. The zero-order valence-corrected chi connectivity index (χ0v) is 25.6. The molecule has 0 saturated carbocycles. The molecule has 38 heavy (non-hydrogen) atoms. The number of benzene rings is 2. The van der Waals surface area contributed by atoms with Crippen LogP contribution in [0, 0.1) is 0 Å². The first-order valence-corrected chi connectivity index (χ1v) is 16.8. The van der Waals surface area contributed by atoms with Crippen LogP contribution in [0.1, 0.15) is 110 Å². The maximum Gasteiger partial charge on any atom is 0.150 e. The highest BCUT2D eigenvalue weighted by Crippen LogP contribution is 2.42. The maximum atomic E-state index is 12.1. The lowest BCUT2D eigenvalue weighted by Gasteiger charge is -2.33. The lowest BCUT2D eigenvalue weighted by Crippen LogP contribution is -2.27. The minimum absolute atomic E-state index is 0.153. The minimum Gasteiger partial charge on any atom is -0.371 e. The van der Waals surface area contributed by atoms with E-state index < -0.39 is 9.84 Å². The molecule has 0 fully saturated rings. The number of unbranched alkanes of at least 4 members (excludes halogenated alkanes) is 2. The molecule has 210 valence electrons. The molecule has 1 aliphatic rings. The molecule has 3 rings (SSSR count). The summed E-state index contributed by atoms with van der Waals surface area (Å²) in [4.78, 5) is 2.41. The van der Waals surface area contributed by atoms with Crippen molar-refractivity contribution in [3.8, 4) is 0 Å². The summed E-state index contributed by atoms with van der Waals surface area (Å²) in [6, 6.07) is 11.6. The smallest absolute Gasteiger partial charge is 0.150 e. The molecule has 0 aliphatic heterocycles. The van der Waals surface area contributed by atoms with Crippen molar-refractivity contribution in [2.45, 2.75) is 104 Å². The number of fused-ring (bicyclic) bond motifs is 2. The molecule has 2 aromatic carbocycles. The Kier molecular flexibility index (Phi) is 11.1. The van der Waals surface area contributed by atoms with Crippen LogP contribution in [-0.2, 0) is 15.3 Å². The second-order valence-corrected chi connectivity index (χ2v) is 14.4. The normalized spacial score (nSPS) is 14.8. The van der Waals surface area contributed by atoms with Crippen molar-refractivity contribution < 1.29 is 8.42 Å². The van der Waals surface area contributed by atoms with Gasteiger partial charge in [0.05, 0.1) is 5.75 Å². The van der Waals surface area contributed by atoms with Crippen molar-refractivity contribution in [1.82, 2.24) is 0 Å². The van der Waals surface area contributed by atoms with Gasteiger partial charge in [0.25, 0.3) is 0 Å². The average Bonchev–Trinajstić information content (AvgIpc) is 2.86. The van der Waals surface area contributed by atoms with Gasteiger partial charge in [-0.25, -0.2) is 8.42 Å². The Morgan fingerprint density at radius 1 is 0.921 bits per heavy atom. The minimum atomic E-state index is -2.95. The van der Waals surface area contributed by atoms with Crippen LogP contribution in [0.5, 0.6) is 0 Å². The Hall–Kier alpha value is -2.07. The Morgan fingerprint density at radius 2 is 1.68 bits per heavy atom. The fourth-order valence-electron chi connectivity index (χ4n) is 5.94. The second kappa shape index (κ2) is 13.8. The molecule has 3 nitrogen and oxygen atoms in total. The van der Waals surface area contributed by atoms with Crippen molar-refractivity contribution in [1.29, 1.82) is 0 Å². The number of allylic oxidation sites excluding steroid dienone is 2. The van der Waals surface area contributed by atoms with Gasteiger partial charge in [0.1, 0.15) is 9.84 Å². The summed E-state index contributed by atoms with van der Waals surface area (Å²) < 4.78 is 24.3. The maximum absolute atomic E-state index is 12.1. The van der Waals surface area contributed by atoms with Gasteiger partial charge >= 0.3 is 0 Å². The third-order valence-electron chi connectivity index (χ3n) is 8.07. The molecule has 0 N–H and O–H groups in total. The van der Waals surface area contributed by atoms with Crippen molar-refractivity contribution >= 4 is 32.4 Å². The molecule has 0 unspecified atom stereocenters. The van der Waals surface area contributed by atoms with E-state index in [4.69, 9.17) is 0 Å². The Balaban J connectivity index is 1.81. The van der Waals surface area contributed by atoms with Gasteiger partial charge in [-0.15, -0.1) is 0 Å². The van der Waals surface area contributed by atoms with Gasteiger partial charge in [0.15, 0.2) is 0 Å². The summed E-state index contributed by atoms with van der Waals surface area (Å²) in [5.41, 5.74) is 7.09. The fraction of sp³-hybridized carbons (Fsp3) is 0.588. The van der Waals surface area contributed by atoms with Crippen molar-refractivity contribution in [2.75, 3.05) is 29.5 Å². The second-order valence-electron chi connectivity index (χ2n) is 12.0. The van der Waals surface area contributed by atoms with Gasteiger partial charge < -0.3 is 4.90 Å². The molecular weight excluding hydrogens is 486 g/mol. The van der Waals surface area contributed by atoms with E-state index in [0.29, 0.717) is 6.42 Å². The van der Waals surface area contributed by atoms with Gasteiger partial charge in [-0.3, -0.25) is 0 Å². The van der Waals surface area contributed by atoms with Crippen LogP contribution in [0.25, 0.3) is 16.8 Å². The summed E-state index contributed by atoms with van der Waals surface area (Å²) in [7, 11) is -2.95. The van der Waals surface area contributed by atoms with Gasteiger partial charge in [-0.1, -0.05) is 89.8 Å². The first kappa shape index (κ1) is 30.5. The highest BCUT2D eigenvalue weighted by atomic mass is 32.2. The number of anilines is 1. The molecule has 0 atom stereocenters. The quantitative estimate of drug-likeness (QED) is 0.158. The molecule has 0 bridgehead atoms. The van der Waals surface area contributed by atoms with E-state index in [1.807, 2.05) is 0 Å². The summed E-state index contributed by atoms with van der Waals surface area (Å²) >= 11 is 0. The first-order chi connectivity index (χ1) is 18.1. The molecule has 0 aromatic heterocycles. The van der Waals surface area contributed by atoms with Crippen LogP contribution >= 0.6 is 0 Å². The zero-order chi connectivity index (χ0) is 27.8. The van der Waals surface area contributed by atoms with Crippen LogP contribution in [0.15, 0.2) is 48.1 Å². The first-order valence-electron chi connectivity index (χ1n) is 15.0. The third-order valence-corrected chi connectivity index (χ3v) is 9.86. The summed E-state index contributed by atoms with van der Waals surface area (Å²) in [6.07, 6.45) is 13.5. The SMILES string of the molecule is C=C(CCC)CCCCCN(CCCS(=O)(=O)CC)c1ccc2cc3c(cc2c1)C=C(CCC)CC3(C)C. The molecule has 4 heteroatoms. The largest absolute Gasteiger partial charge is 0.371 e. The van der Waals surface area contributed by atoms with E-state index >= 15 is 0 Å². The van der Waals surface area contributed by atoms with Crippen LogP contribution in [0.4, 0.5) is 5.69 Å². The van der Waals surface area contributed by atoms with E-state index in [1.54, 1.807) is 12.5 Å². The highest BCUT2D eigenvalue weighted by Gasteiger charge is 2.28. The lowest BCUT2D eigenvalue weighted by molar-refractivity contribution is 0.504. The number of rotatable bonds is 16. The molecule has 0 radical (unpaired) electrons. The Labute approximate surface area is 233 Å². The van der Waals surface area contributed by atoms with Crippen molar-refractivity contribution in [2.24, 2.45) is 0 Å². The Morgan fingerprint density at radius 3 is 2.39 bits per heavy atom. The predicted octanol–water partition coefficient (Wildman–Crippen LogP) is 9.25. The monoisotopic (exact) mass is 537 g/mol. The van der Waals surface area contributed by atoms with Crippen molar-refractivity contribution in [3.05, 3.63) is 59.2 Å². The molecule has 0 heterocycles. The van der Waals surface area contributed by atoms with E-state index in [-0.39, 0.29) is 16.9 Å². The summed E-state index contributed by atoms with van der Waals surface area (Å²) in [5, 5.41) is 2.56. The van der Waals surface area contributed by atoms with E-state index in [1.165, 1.54) is 65.3 Å². The molecule has 0 amide bonds. The van der Waals surface area contributed by atoms with Crippen LogP contribution < -0.4 is 4.90 Å². The number of nitrogens with zero attached hydrogens (tertiary/aromatic N) is 1. The Bertz CT molecular complexity index is 1220. The average molecular weight is 538 g/mol. The van der Waals surface area contributed by atoms with Gasteiger partial charge in [0.2, 0.25) is 0 Å². The number of hydrogen-bond donors (Lipinski definition) is 0. The van der Waals surface area contributed by atoms with Crippen molar-refractivity contribution in [3.63, 3.8) is 0 Å². The van der Waals surface area contributed by atoms with Gasteiger partial charge in [-0.05, 0) is 90.5 Å². The van der Waals surface area contributed by atoms with E-state index in [9.17, 15) is 8.42 Å².